The first-order chi connectivity index (χ1) is 33.8. The van der Waals surface area contributed by atoms with Gasteiger partial charge in [0, 0.05) is 24.4 Å². The Morgan fingerprint density at radius 3 is 2.06 bits per heavy atom. The van der Waals surface area contributed by atoms with Crippen molar-refractivity contribution in [3.63, 3.8) is 0 Å². The molecule has 0 unspecified atom stereocenters. The Labute approximate surface area is 412 Å². The maximum Gasteiger partial charge on any atom is 0.296 e. The van der Waals surface area contributed by atoms with Gasteiger partial charge in [-0.1, -0.05) is 33.8 Å². The molecule has 0 saturated carbocycles. The van der Waals surface area contributed by atoms with Crippen molar-refractivity contribution >= 4 is 112 Å². The number of hydrogen-bond donors (Lipinski definition) is 9. The van der Waals surface area contributed by atoms with Gasteiger partial charge in [0.15, 0.2) is 18.1 Å². The highest BCUT2D eigenvalue weighted by atomic mass is 32.2. The van der Waals surface area contributed by atoms with Crippen LogP contribution in [0.3, 0.4) is 0 Å². The SMILES string of the molecule is CN=Nc1c(S(=O)(=O)O)cc2cc(SOOO)c(N=Nc3ccc(CCCOSOOO)cc3S(=O)(=O)O)c(N)c2c1O.COc1cc(N=Nc2ccc(NC(=O)c3ccc(C)cc3)cc2)c(N)cc1N. The molecule has 0 aromatic heterocycles. The van der Waals surface area contributed by atoms with Crippen molar-refractivity contribution in [3.05, 3.63) is 108 Å². The molecule has 1 amide bonds. The van der Waals surface area contributed by atoms with Crippen molar-refractivity contribution in [1.82, 2.24) is 0 Å². The fourth-order valence-corrected chi connectivity index (χ4v) is 8.22. The van der Waals surface area contributed by atoms with Crippen LogP contribution in [0.4, 0.5) is 51.2 Å². The number of phenols is 1. The highest BCUT2D eigenvalue weighted by molar-refractivity contribution is 7.94. The topological polar surface area (TPSA) is 406 Å². The van der Waals surface area contributed by atoms with E-state index >= 15 is 0 Å². The molecule has 12 N–H and O–H groups in total. The van der Waals surface area contributed by atoms with E-state index in [1.54, 1.807) is 48.5 Å². The number of carbonyl (C=O) groups excluding carboxylic acids is 1. The Morgan fingerprint density at radius 1 is 0.746 bits per heavy atom. The molecule has 0 saturated heterocycles. The normalized spacial score (nSPS) is 11.9. The lowest BCUT2D eigenvalue weighted by Crippen LogP contribution is -2.11. The van der Waals surface area contributed by atoms with Gasteiger partial charge in [-0.05, 0) is 97.4 Å². The number of methoxy groups -OCH3 is 1. The van der Waals surface area contributed by atoms with Gasteiger partial charge >= 0.3 is 0 Å². The number of ether oxygens (including phenoxy) is 1. The first-order valence-corrected chi connectivity index (χ1v) is 24.0. The largest absolute Gasteiger partial charge is 0.505 e. The molecule has 0 aliphatic heterocycles. The van der Waals surface area contributed by atoms with E-state index in [0.29, 0.717) is 82.5 Å². The Kier molecular flexibility index (Phi) is 19.6. The highest BCUT2D eigenvalue weighted by Gasteiger charge is 2.26. The average molecular weight is 1060 g/mol. The van der Waals surface area contributed by atoms with Gasteiger partial charge in [-0.15, -0.1) is 24.0 Å². The van der Waals surface area contributed by atoms with E-state index < -0.39 is 41.5 Å². The zero-order valence-corrected chi connectivity index (χ0v) is 40.3. The van der Waals surface area contributed by atoms with E-state index in [0.717, 1.165) is 17.7 Å². The van der Waals surface area contributed by atoms with Crippen LogP contribution in [0, 0.1) is 6.92 Å². The molecule has 0 spiro atoms. The summed E-state index contributed by atoms with van der Waals surface area (Å²) in [7, 11) is -7.03. The number of azo groups is 3. The summed E-state index contributed by atoms with van der Waals surface area (Å²) in [5.41, 5.74) is 21.1. The minimum atomic E-state index is -4.91. The molecule has 0 heterocycles. The Balaban J connectivity index is 0.000000288. The maximum atomic E-state index is 12.3. The average Bonchev–Trinajstić information content (AvgIpc) is 3.32. The number of fused-ring (bicyclic) bond motifs is 1. The lowest BCUT2D eigenvalue weighted by molar-refractivity contribution is -0.434. The smallest absolute Gasteiger partial charge is 0.296 e. The summed E-state index contributed by atoms with van der Waals surface area (Å²) < 4.78 is 86.2. The lowest BCUT2D eigenvalue weighted by atomic mass is 10.1. The summed E-state index contributed by atoms with van der Waals surface area (Å²) in [6.45, 7) is 2.10. The summed E-state index contributed by atoms with van der Waals surface area (Å²) in [4.78, 5) is 10.7. The fraction of sp³-hybridized carbons (Fsp3) is 0.146. The number of rotatable bonds is 20. The third kappa shape index (κ3) is 15.0. The number of hydrogen-bond acceptors (Lipinski definition) is 25. The Bertz CT molecular complexity index is 3190. The standard InChI is InChI=1S/C21H21N5O2.C20H21N5O14S4/c1-13-3-5-14(6-4-13)21(27)24-15-7-9-16(10-8-15)25-26-19-12-20(28-2)18(23)11-17(19)22;1-22-24-19-15(43(32,33)34)9-11-8-13(40-38-36-27)18(17(21)16(11)20(19)26)25-23-12-5-4-10(7-14(12)42(29,30)31)3-2-6-35-41-39-37-28/h3-12H,22-23H2,1-2H3,(H,24,27);4-5,7-9,26-28H,2-3,6,21H2,1H3,(H,29,30,31)(H,32,33,34). The molecule has 6 aromatic carbocycles. The van der Waals surface area contributed by atoms with Gasteiger partial charge in [-0.3, -0.25) is 18.1 Å². The number of nitrogen functional groups attached to an aromatic ring is 3. The zero-order chi connectivity index (χ0) is 51.9. The molecule has 6 rings (SSSR count). The van der Waals surface area contributed by atoms with Crippen LogP contribution in [0.15, 0.2) is 136 Å². The molecular formula is C41H42N10O16S4. The number of aromatic hydroxyl groups is 1. The molecule has 30 heteroatoms. The Morgan fingerprint density at radius 2 is 1.42 bits per heavy atom. The first-order valence-electron chi connectivity index (χ1n) is 19.7. The molecule has 376 valence electrons. The molecule has 0 fully saturated rings. The van der Waals surface area contributed by atoms with E-state index in [1.165, 1.54) is 32.4 Å². The second kappa shape index (κ2) is 25.3. The number of amides is 1. The van der Waals surface area contributed by atoms with Gasteiger partial charge in [-0.2, -0.15) is 32.2 Å². The third-order valence-electron chi connectivity index (χ3n) is 9.40. The summed E-state index contributed by atoms with van der Waals surface area (Å²) in [5.74, 6) is -0.491. The van der Waals surface area contributed by atoms with Crippen LogP contribution >= 0.6 is 24.4 Å². The van der Waals surface area contributed by atoms with Crippen LogP contribution in [0.25, 0.3) is 10.8 Å². The number of benzene rings is 6. The number of aryl methyl sites for hydroxylation is 2. The quantitative estimate of drug-likeness (QED) is 0.00652. The van der Waals surface area contributed by atoms with E-state index in [9.17, 15) is 35.8 Å². The number of anilines is 4. The van der Waals surface area contributed by atoms with Crippen molar-refractivity contribution in [3.8, 4) is 11.5 Å². The van der Waals surface area contributed by atoms with Crippen molar-refractivity contribution in [1.29, 1.82) is 0 Å². The molecule has 71 heavy (non-hydrogen) atoms. The number of carbonyl (C=O) groups is 1. The van der Waals surface area contributed by atoms with Gasteiger partial charge in [0.05, 0.1) is 58.8 Å². The summed E-state index contributed by atoms with van der Waals surface area (Å²) in [5, 5.41) is 60.2. The van der Waals surface area contributed by atoms with Gasteiger partial charge in [-0.25, -0.2) is 10.5 Å². The van der Waals surface area contributed by atoms with Crippen molar-refractivity contribution in [2.24, 2.45) is 30.7 Å². The minimum Gasteiger partial charge on any atom is -0.505 e. The second-order valence-corrected chi connectivity index (χ2v) is 18.2. The van der Waals surface area contributed by atoms with Gasteiger partial charge < -0.3 is 32.4 Å². The van der Waals surface area contributed by atoms with Crippen LogP contribution in [-0.2, 0) is 49.6 Å². The molecule has 0 atom stereocenters. The maximum absolute atomic E-state index is 12.3. The fourth-order valence-electron chi connectivity index (χ4n) is 6.13. The summed E-state index contributed by atoms with van der Waals surface area (Å²) in [6.07, 6.45) is 0.663. The van der Waals surface area contributed by atoms with Gasteiger partial charge in [0.1, 0.15) is 38.3 Å². The number of nitrogens with zero attached hydrogens (tertiary/aromatic N) is 6. The van der Waals surface area contributed by atoms with Crippen LogP contribution in [0.1, 0.15) is 27.9 Å². The molecule has 0 bridgehead atoms. The summed E-state index contributed by atoms with van der Waals surface area (Å²) >= 11 is 0.694. The van der Waals surface area contributed by atoms with E-state index in [-0.39, 0.29) is 45.2 Å². The predicted octanol–water partition coefficient (Wildman–Crippen LogP) is 9.95. The molecule has 6 aromatic rings. The molecular weight excluding hydrogens is 1020 g/mol. The third-order valence-corrected chi connectivity index (χ3v) is 12.1. The van der Waals surface area contributed by atoms with Gasteiger partial charge in [0.2, 0.25) is 0 Å². The minimum absolute atomic E-state index is 0.0681. The van der Waals surface area contributed by atoms with Crippen LogP contribution in [0.2, 0.25) is 0 Å². The Hall–Kier alpha value is -6.91. The number of phenolic OH excluding ortho intramolecular Hbond substituents is 1. The van der Waals surface area contributed by atoms with Crippen molar-refractivity contribution < 1.29 is 74.0 Å². The van der Waals surface area contributed by atoms with Gasteiger partial charge in [0.25, 0.3) is 26.1 Å². The molecule has 0 aliphatic rings. The predicted molar refractivity (Wildman–Crippen MR) is 260 cm³/mol. The second-order valence-electron chi connectivity index (χ2n) is 14.1. The van der Waals surface area contributed by atoms with Crippen LogP contribution in [0.5, 0.6) is 11.5 Å². The van der Waals surface area contributed by atoms with Crippen molar-refractivity contribution in [2.45, 2.75) is 34.5 Å². The molecule has 0 aliphatic carbocycles. The lowest BCUT2D eigenvalue weighted by Gasteiger charge is -2.14. The van der Waals surface area contributed by atoms with E-state index in [4.69, 9.17) is 36.6 Å². The molecule has 0 radical (unpaired) electrons. The highest BCUT2D eigenvalue weighted by Crippen LogP contribution is 2.49. The van der Waals surface area contributed by atoms with Crippen LogP contribution in [-0.4, -0.2) is 68.2 Å². The van der Waals surface area contributed by atoms with E-state index in [1.807, 2.05) is 19.1 Å². The zero-order valence-electron chi connectivity index (χ0n) is 37.1. The number of nitrogens with two attached hydrogens (primary N) is 3. The van der Waals surface area contributed by atoms with Crippen molar-refractivity contribution in [2.75, 3.05) is 43.3 Å². The molecule has 26 nitrogen and oxygen atoms in total. The van der Waals surface area contributed by atoms with E-state index in [2.05, 4.69) is 54.7 Å². The number of nitrogens with one attached hydrogen (secondary N) is 1. The van der Waals surface area contributed by atoms with Crippen LogP contribution < -0.4 is 27.3 Å². The first kappa shape index (κ1) is 55.0. The summed E-state index contributed by atoms with van der Waals surface area (Å²) in [6, 6.07) is 23.6. The monoisotopic (exact) mass is 1060 g/mol.